The molecule has 1 aliphatic carbocycles. The minimum atomic E-state index is -0.872. The Morgan fingerprint density at radius 2 is 2.27 bits per heavy atom. The third-order valence-electron chi connectivity index (χ3n) is 2.59. The second kappa shape index (κ2) is 4.84. The van der Waals surface area contributed by atoms with Gasteiger partial charge in [0.2, 0.25) is 0 Å². The summed E-state index contributed by atoms with van der Waals surface area (Å²) < 4.78 is 12.9. The predicted octanol–water partition coefficient (Wildman–Crippen LogP) is 3.52. The molecule has 0 saturated carbocycles. The van der Waals surface area contributed by atoms with Crippen molar-refractivity contribution in [3.8, 4) is 0 Å². The molecule has 3 heteroatoms. The Morgan fingerprint density at radius 3 is 2.73 bits per heavy atom. The van der Waals surface area contributed by atoms with Crippen molar-refractivity contribution in [2.75, 3.05) is 0 Å². The molecule has 0 radical (unpaired) electrons. The standard InChI is InChI=1S/C12H17ClFN/c1-7-4-10(5-8(2)14)12(13)6-11(7)9(3)15/h4,6-8,11H,3,5,15H2,1-2H3. The molecular formula is C12H17ClFN. The van der Waals surface area contributed by atoms with Gasteiger partial charge in [0.1, 0.15) is 6.17 Å². The molecule has 15 heavy (non-hydrogen) atoms. The molecular weight excluding hydrogens is 213 g/mol. The van der Waals surface area contributed by atoms with Gasteiger partial charge in [-0.1, -0.05) is 37.3 Å². The Hall–Kier alpha value is -0.760. The highest BCUT2D eigenvalue weighted by Gasteiger charge is 2.22. The van der Waals surface area contributed by atoms with Crippen molar-refractivity contribution in [2.24, 2.45) is 17.6 Å². The third-order valence-corrected chi connectivity index (χ3v) is 2.96. The summed E-state index contributed by atoms with van der Waals surface area (Å²) in [6, 6.07) is 0. The van der Waals surface area contributed by atoms with Gasteiger partial charge in [-0.15, -0.1) is 0 Å². The average Bonchev–Trinajstić information content (AvgIpc) is 2.09. The van der Waals surface area contributed by atoms with Crippen LogP contribution in [-0.2, 0) is 0 Å². The molecule has 84 valence electrons. The van der Waals surface area contributed by atoms with Crippen molar-refractivity contribution >= 4 is 11.6 Å². The fourth-order valence-electron chi connectivity index (χ4n) is 1.83. The lowest BCUT2D eigenvalue weighted by Crippen LogP contribution is -2.19. The molecule has 3 unspecified atom stereocenters. The first-order valence-corrected chi connectivity index (χ1v) is 5.46. The molecule has 1 nitrogen and oxygen atoms in total. The van der Waals surface area contributed by atoms with Gasteiger partial charge in [-0.05, 0) is 18.4 Å². The van der Waals surface area contributed by atoms with Crippen LogP contribution in [0.4, 0.5) is 4.39 Å². The minimum Gasteiger partial charge on any atom is -0.402 e. The normalized spacial score (nSPS) is 28.0. The summed E-state index contributed by atoms with van der Waals surface area (Å²) in [6.45, 7) is 7.29. The summed E-state index contributed by atoms with van der Waals surface area (Å²) >= 11 is 6.06. The topological polar surface area (TPSA) is 26.0 Å². The summed E-state index contributed by atoms with van der Waals surface area (Å²) in [7, 11) is 0. The van der Waals surface area contributed by atoms with Gasteiger partial charge in [0.05, 0.1) is 0 Å². The lowest BCUT2D eigenvalue weighted by molar-refractivity contribution is 0.359. The Labute approximate surface area is 95.5 Å². The average molecular weight is 230 g/mol. The summed E-state index contributed by atoms with van der Waals surface area (Å²) in [6.07, 6.45) is 3.35. The van der Waals surface area contributed by atoms with E-state index in [1.165, 1.54) is 6.92 Å². The van der Waals surface area contributed by atoms with Crippen molar-refractivity contribution < 1.29 is 4.39 Å². The number of nitrogens with two attached hydrogens (primary N) is 1. The maximum absolute atomic E-state index is 12.9. The van der Waals surface area contributed by atoms with E-state index in [9.17, 15) is 4.39 Å². The lowest BCUT2D eigenvalue weighted by Gasteiger charge is -2.25. The molecule has 2 N–H and O–H groups in total. The third kappa shape index (κ3) is 3.10. The SMILES string of the molecule is C=C(N)C1C=C(Cl)C(CC(C)F)=CC1C. The van der Waals surface area contributed by atoms with Crippen molar-refractivity contribution in [2.45, 2.75) is 26.4 Å². The lowest BCUT2D eigenvalue weighted by atomic mass is 9.84. The van der Waals surface area contributed by atoms with Crippen molar-refractivity contribution in [1.82, 2.24) is 0 Å². The first-order chi connectivity index (χ1) is 6.91. The number of hydrogen-bond acceptors (Lipinski definition) is 1. The van der Waals surface area contributed by atoms with Crippen LogP contribution in [0.15, 0.2) is 35.0 Å². The van der Waals surface area contributed by atoms with Crippen LogP contribution in [0.25, 0.3) is 0 Å². The van der Waals surface area contributed by atoms with Gasteiger partial charge in [0.25, 0.3) is 0 Å². The zero-order chi connectivity index (χ0) is 11.6. The second-order valence-electron chi connectivity index (χ2n) is 4.15. The van der Waals surface area contributed by atoms with Crippen LogP contribution < -0.4 is 5.73 Å². The zero-order valence-corrected chi connectivity index (χ0v) is 9.89. The maximum Gasteiger partial charge on any atom is 0.101 e. The van der Waals surface area contributed by atoms with Crippen LogP contribution in [-0.4, -0.2) is 6.17 Å². The second-order valence-corrected chi connectivity index (χ2v) is 4.56. The molecule has 0 bridgehead atoms. The maximum atomic E-state index is 12.9. The van der Waals surface area contributed by atoms with Gasteiger partial charge in [0, 0.05) is 23.1 Å². The number of alkyl halides is 1. The van der Waals surface area contributed by atoms with Crippen molar-refractivity contribution in [1.29, 1.82) is 0 Å². The Kier molecular flexibility index (Phi) is 3.97. The fourth-order valence-corrected chi connectivity index (χ4v) is 2.11. The zero-order valence-electron chi connectivity index (χ0n) is 9.13. The van der Waals surface area contributed by atoms with Crippen LogP contribution in [0.1, 0.15) is 20.3 Å². The number of hydrogen-bond donors (Lipinski definition) is 1. The van der Waals surface area contributed by atoms with E-state index in [0.717, 1.165) is 5.57 Å². The number of allylic oxidation sites excluding steroid dienone is 4. The van der Waals surface area contributed by atoms with E-state index in [4.69, 9.17) is 17.3 Å². The van der Waals surface area contributed by atoms with Gasteiger partial charge >= 0.3 is 0 Å². The first kappa shape index (κ1) is 12.3. The highest BCUT2D eigenvalue weighted by Crippen LogP contribution is 2.34. The van der Waals surface area contributed by atoms with E-state index in [-0.39, 0.29) is 11.8 Å². The molecule has 1 rings (SSSR count). The Morgan fingerprint density at radius 1 is 1.67 bits per heavy atom. The van der Waals surface area contributed by atoms with Crippen LogP contribution in [0.3, 0.4) is 0 Å². The number of rotatable bonds is 3. The molecule has 0 fully saturated rings. The molecule has 0 heterocycles. The van der Waals surface area contributed by atoms with Crippen LogP contribution in [0, 0.1) is 11.8 Å². The van der Waals surface area contributed by atoms with Crippen LogP contribution >= 0.6 is 11.6 Å². The quantitative estimate of drug-likeness (QED) is 0.787. The number of halogens is 2. The summed E-state index contributed by atoms with van der Waals surface area (Å²) in [5.41, 5.74) is 7.14. The molecule has 0 aromatic carbocycles. The molecule has 0 spiro atoms. The van der Waals surface area contributed by atoms with Gasteiger partial charge < -0.3 is 5.73 Å². The van der Waals surface area contributed by atoms with E-state index < -0.39 is 6.17 Å². The predicted molar refractivity (Wildman–Crippen MR) is 63.2 cm³/mol. The first-order valence-electron chi connectivity index (χ1n) is 5.08. The van der Waals surface area contributed by atoms with E-state index in [1.807, 2.05) is 19.1 Å². The fraction of sp³-hybridized carbons (Fsp3) is 0.500. The van der Waals surface area contributed by atoms with Crippen LogP contribution in [0.2, 0.25) is 0 Å². The van der Waals surface area contributed by atoms with E-state index in [0.29, 0.717) is 17.2 Å². The molecule has 0 amide bonds. The van der Waals surface area contributed by atoms with E-state index >= 15 is 0 Å². The summed E-state index contributed by atoms with van der Waals surface area (Å²) in [5.74, 6) is 0.301. The van der Waals surface area contributed by atoms with Crippen LogP contribution in [0.5, 0.6) is 0 Å². The Bertz CT molecular complexity index is 318. The summed E-state index contributed by atoms with van der Waals surface area (Å²) in [5, 5.41) is 0.606. The van der Waals surface area contributed by atoms with Crippen molar-refractivity contribution in [3.63, 3.8) is 0 Å². The molecule has 0 aromatic rings. The molecule has 0 saturated heterocycles. The van der Waals surface area contributed by atoms with Gasteiger partial charge in [0.15, 0.2) is 0 Å². The van der Waals surface area contributed by atoms with E-state index in [2.05, 4.69) is 6.58 Å². The monoisotopic (exact) mass is 229 g/mol. The summed E-state index contributed by atoms with van der Waals surface area (Å²) in [4.78, 5) is 0. The van der Waals surface area contributed by atoms with E-state index in [1.54, 1.807) is 0 Å². The molecule has 0 aromatic heterocycles. The highest BCUT2D eigenvalue weighted by atomic mass is 35.5. The highest BCUT2D eigenvalue weighted by molar-refractivity contribution is 6.32. The minimum absolute atomic E-state index is 0.0659. The molecule has 1 aliphatic rings. The van der Waals surface area contributed by atoms with Gasteiger partial charge in [-0.3, -0.25) is 0 Å². The Balaban J connectivity index is 2.84. The van der Waals surface area contributed by atoms with Gasteiger partial charge in [-0.25, -0.2) is 4.39 Å². The molecule has 3 atom stereocenters. The largest absolute Gasteiger partial charge is 0.402 e. The van der Waals surface area contributed by atoms with Gasteiger partial charge in [-0.2, -0.15) is 0 Å². The smallest absolute Gasteiger partial charge is 0.101 e. The van der Waals surface area contributed by atoms with Crippen molar-refractivity contribution in [3.05, 3.63) is 35.0 Å². The molecule has 0 aliphatic heterocycles.